The molecule has 6 nitrogen and oxygen atoms in total. The number of pyridine rings is 1. The van der Waals surface area contributed by atoms with Crippen LogP contribution in [0, 0.1) is 4.77 Å². The van der Waals surface area contributed by atoms with E-state index in [0.29, 0.717) is 24.9 Å². The number of rotatable bonds is 4. The van der Waals surface area contributed by atoms with Gasteiger partial charge in [0.2, 0.25) is 0 Å². The summed E-state index contributed by atoms with van der Waals surface area (Å²) in [6, 6.07) is 2.55. The third-order valence-corrected chi connectivity index (χ3v) is 5.82. The van der Waals surface area contributed by atoms with Gasteiger partial charge < -0.3 is 9.47 Å². The fourth-order valence-corrected chi connectivity index (χ4v) is 3.76. The Balaban J connectivity index is 1.40. The maximum Gasteiger partial charge on any atom is 0.417 e. The van der Waals surface area contributed by atoms with Gasteiger partial charge in [0, 0.05) is 45.3 Å². The summed E-state index contributed by atoms with van der Waals surface area (Å²) in [5.74, 6) is 2.19. The van der Waals surface area contributed by atoms with Gasteiger partial charge in [-0.15, -0.1) is 0 Å². The quantitative estimate of drug-likeness (QED) is 0.720. The van der Waals surface area contributed by atoms with Gasteiger partial charge in [-0.25, -0.2) is 9.67 Å². The lowest BCUT2D eigenvalue weighted by Crippen LogP contribution is -2.32. The van der Waals surface area contributed by atoms with Crippen molar-refractivity contribution in [2.24, 2.45) is 7.05 Å². The summed E-state index contributed by atoms with van der Waals surface area (Å²) >= 11 is 5.53. The van der Waals surface area contributed by atoms with Crippen molar-refractivity contribution in [3.05, 3.63) is 34.5 Å². The van der Waals surface area contributed by atoms with E-state index in [1.807, 2.05) is 21.2 Å². The number of nitrogens with zero attached hydrogens (tertiary/aromatic N) is 6. The van der Waals surface area contributed by atoms with Gasteiger partial charge in [-0.3, -0.25) is 4.90 Å². The Hall–Kier alpha value is -1.94. The van der Waals surface area contributed by atoms with E-state index in [4.69, 9.17) is 17.3 Å². The Labute approximate surface area is 166 Å². The normalized spacial score (nSPS) is 19.1. The first-order valence-corrected chi connectivity index (χ1v) is 9.88. The van der Waals surface area contributed by atoms with Crippen LogP contribution in [0.2, 0.25) is 0 Å². The molecule has 2 aromatic heterocycles. The standard InChI is InChI=1S/C18H23F3N6S/c1-24-16(13-3-4-13)23-27(17(24)28)12-25-7-2-8-26(10-9-25)15-6-5-14(11-22-15)18(19,20)21/h5-6,11,13H,2-4,7-10,12H2,1H3. The largest absolute Gasteiger partial charge is 0.417 e. The Morgan fingerprint density at radius 3 is 2.57 bits per heavy atom. The van der Waals surface area contributed by atoms with Crippen LogP contribution in [0.25, 0.3) is 0 Å². The zero-order chi connectivity index (χ0) is 19.9. The molecule has 1 aliphatic carbocycles. The van der Waals surface area contributed by atoms with E-state index in [1.54, 1.807) is 0 Å². The van der Waals surface area contributed by atoms with Gasteiger partial charge >= 0.3 is 6.18 Å². The molecule has 0 spiro atoms. The second kappa shape index (κ2) is 7.47. The molecule has 1 saturated carbocycles. The molecule has 2 fully saturated rings. The van der Waals surface area contributed by atoms with E-state index >= 15 is 0 Å². The van der Waals surface area contributed by atoms with Crippen molar-refractivity contribution in [2.75, 3.05) is 31.1 Å². The van der Waals surface area contributed by atoms with E-state index < -0.39 is 11.7 Å². The lowest BCUT2D eigenvalue weighted by atomic mass is 10.2. The summed E-state index contributed by atoms with van der Waals surface area (Å²) in [4.78, 5) is 8.34. The highest BCUT2D eigenvalue weighted by molar-refractivity contribution is 7.71. The molecule has 1 aliphatic heterocycles. The van der Waals surface area contributed by atoms with Gasteiger partial charge in [-0.2, -0.15) is 18.3 Å². The maximum absolute atomic E-state index is 12.7. The summed E-state index contributed by atoms with van der Waals surface area (Å²) in [5, 5.41) is 4.71. The van der Waals surface area contributed by atoms with Crippen LogP contribution >= 0.6 is 12.2 Å². The predicted octanol–water partition coefficient (Wildman–Crippen LogP) is 3.41. The third-order valence-electron chi connectivity index (χ3n) is 5.34. The lowest BCUT2D eigenvalue weighted by Gasteiger charge is -2.23. The third kappa shape index (κ3) is 4.07. The van der Waals surface area contributed by atoms with Gasteiger partial charge in [0.25, 0.3) is 0 Å². The van der Waals surface area contributed by atoms with E-state index in [2.05, 4.69) is 9.88 Å². The minimum absolute atomic E-state index is 0.540. The number of alkyl halides is 3. The van der Waals surface area contributed by atoms with Crippen LogP contribution in [0.3, 0.4) is 0 Å². The van der Waals surface area contributed by atoms with Crippen LogP contribution < -0.4 is 4.90 Å². The van der Waals surface area contributed by atoms with Crippen molar-refractivity contribution < 1.29 is 13.2 Å². The minimum Gasteiger partial charge on any atom is -0.355 e. The summed E-state index contributed by atoms with van der Waals surface area (Å²) in [6.45, 7) is 3.76. The van der Waals surface area contributed by atoms with Gasteiger partial charge in [0.05, 0.1) is 12.2 Å². The van der Waals surface area contributed by atoms with Crippen molar-refractivity contribution >= 4 is 18.0 Å². The maximum atomic E-state index is 12.7. The van der Waals surface area contributed by atoms with Crippen LogP contribution in [0.15, 0.2) is 18.3 Å². The van der Waals surface area contributed by atoms with Crippen molar-refractivity contribution in [1.29, 1.82) is 0 Å². The second-order valence-corrected chi connectivity index (χ2v) is 7.84. The zero-order valence-corrected chi connectivity index (χ0v) is 16.5. The summed E-state index contributed by atoms with van der Waals surface area (Å²) in [7, 11) is 1.97. The number of anilines is 1. The average molecular weight is 412 g/mol. The van der Waals surface area contributed by atoms with Crippen LogP contribution in [-0.2, 0) is 19.9 Å². The molecule has 0 bridgehead atoms. The SMILES string of the molecule is Cn1c(C2CC2)nn(CN2CCCN(c3ccc(C(F)(F)F)cn3)CC2)c1=S. The first-order valence-electron chi connectivity index (χ1n) is 9.47. The molecule has 4 rings (SSSR count). The lowest BCUT2D eigenvalue weighted by molar-refractivity contribution is -0.137. The summed E-state index contributed by atoms with van der Waals surface area (Å²) < 4.78 is 42.8. The highest BCUT2D eigenvalue weighted by atomic mass is 32.1. The summed E-state index contributed by atoms with van der Waals surface area (Å²) in [6.07, 6.45) is -0.192. The van der Waals surface area contributed by atoms with Crippen molar-refractivity contribution in [2.45, 2.75) is 38.0 Å². The number of aromatic nitrogens is 4. The highest BCUT2D eigenvalue weighted by Gasteiger charge is 2.31. The predicted molar refractivity (Wildman–Crippen MR) is 102 cm³/mol. The molecule has 2 aromatic rings. The molecule has 0 radical (unpaired) electrons. The highest BCUT2D eigenvalue weighted by Crippen LogP contribution is 2.38. The fraction of sp³-hybridized carbons (Fsp3) is 0.611. The molecular weight excluding hydrogens is 389 g/mol. The van der Waals surface area contributed by atoms with Gasteiger partial charge in [0.1, 0.15) is 11.6 Å². The molecule has 28 heavy (non-hydrogen) atoms. The zero-order valence-electron chi connectivity index (χ0n) is 15.7. The molecule has 0 aromatic carbocycles. The van der Waals surface area contributed by atoms with Crippen molar-refractivity contribution in [3.8, 4) is 0 Å². The molecule has 152 valence electrons. The monoisotopic (exact) mass is 412 g/mol. The molecule has 2 aliphatic rings. The fourth-order valence-electron chi connectivity index (χ4n) is 3.57. The number of halogens is 3. The topological polar surface area (TPSA) is 42.1 Å². The smallest absolute Gasteiger partial charge is 0.355 e. The second-order valence-electron chi connectivity index (χ2n) is 7.48. The molecular formula is C18H23F3N6S. The average Bonchev–Trinajstić information content (AvgIpc) is 3.48. The van der Waals surface area contributed by atoms with Crippen molar-refractivity contribution in [1.82, 2.24) is 24.2 Å². The van der Waals surface area contributed by atoms with Gasteiger partial charge in [0.15, 0.2) is 4.77 Å². The van der Waals surface area contributed by atoms with E-state index in [-0.39, 0.29) is 0 Å². The molecule has 3 heterocycles. The number of hydrogen-bond donors (Lipinski definition) is 0. The first-order chi connectivity index (χ1) is 13.3. The Kier molecular flexibility index (Phi) is 5.17. The molecule has 0 atom stereocenters. The van der Waals surface area contributed by atoms with E-state index in [9.17, 15) is 13.2 Å². The van der Waals surface area contributed by atoms with Gasteiger partial charge in [-0.1, -0.05) is 0 Å². The Bertz CT molecular complexity index is 884. The Morgan fingerprint density at radius 2 is 1.93 bits per heavy atom. The van der Waals surface area contributed by atoms with Gasteiger partial charge in [-0.05, 0) is 43.6 Å². The molecule has 0 amide bonds. The molecule has 0 unspecified atom stereocenters. The van der Waals surface area contributed by atoms with Crippen LogP contribution in [0.5, 0.6) is 0 Å². The van der Waals surface area contributed by atoms with Crippen LogP contribution in [0.4, 0.5) is 19.0 Å². The minimum atomic E-state index is -4.36. The summed E-state index contributed by atoms with van der Waals surface area (Å²) in [5.41, 5.74) is -0.719. The van der Waals surface area contributed by atoms with E-state index in [0.717, 1.165) is 48.9 Å². The van der Waals surface area contributed by atoms with E-state index in [1.165, 1.54) is 18.9 Å². The van der Waals surface area contributed by atoms with Crippen LogP contribution in [-0.4, -0.2) is 50.4 Å². The molecule has 10 heteroatoms. The molecule has 1 saturated heterocycles. The number of hydrogen-bond acceptors (Lipinski definition) is 5. The van der Waals surface area contributed by atoms with Crippen molar-refractivity contribution in [3.63, 3.8) is 0 Å². The molecule has 0 N–H and O–H groups in total. The Morgan fingerprint density at radius 1 is 1.14 bits per heavy atom. The van der Waals surface area contributed by atoms with Crippen LogP contribution in [0.1, 0.15) is 36.6 Å². The first kappa shape index (κ1) is 19.4.